The van der Waals surface area contributed by atoms with Crippen molar-refractivity contribution in [2.75, 3.05) is 5.32 Å². The Labute approximate surface area is 101 Å². The minimum absolute atomic E-state index is 0.211. The van der Waals surface area contributed by atoms with Crippen LogP contribution in [0.2, 0.25) is 5.15 Å². The number of carbonyl (C=O) groups is 1. The van der Waals surface area contributed by atoms with E-state index in [0.717, 1.165) is 5.56 Å². The number of halogens is 1. The molecule has 1 N–H and O–H groups in total. The van der Waals surface area contributed by atoms with Gasteiger partial charge in [-0.15, -0.1) is 0 Å². The maximum absolute atomic E-state index is 11.8. The molecule has 0 aliphatic heterocycles. The number of aryl methyl sites for hydroxylation is 1. The van der Waals surface area contributed by atoms with Crippen molar-refractivity contribution >= 4 is 34.8 Å². The minimum Gasteiger partial charge on any atom is -0.290 e. The Morgan fingerprint density at radius 3 is 2.94 bits per heavy atom. The van der Waals surface area contributed by atoms with Crippen molar-refractivity contribution in [2.24, 2.45) is 0 Å². The second kappa shape index (κ2) is 4.59. The SMILES string of the molecule is Cc1cscc1C(=O)Nc1nccc(Cl)n1. The van der Waals surface area contributed by atoms with Gasteiger partial charge < -0.3 is 0 Å². The van der Waals surface area contributed by atoms with E-state index in [1.54, 1.807) is 11.4 Å². The van der Waals surface area contributed by atoms with Gasteiger partial charge in [-0.05, 0) is 23.9 Å². The Kier molecular flexibility index (Phi) is 3.17. The average Bonchev–Trinajstić information content (AvgIpc) is 2.64. The lowest BCUT2D eigenvalue weighted by molar-refractivity contribution is 0.102. The summed E-state index contributed by atoms with van der Waals surface area (Å²) in [6.07, 6.45) is 1.49. The first-order valence-corrected chi connectivity index (χ1v) is 5.81. The van der Waals surface area contributed by atoms with Crippen LogP contribution in [0.5, 0.6) is 0 Å². The second-order valence-electron chi connectivity index (χ2n) is 3.13. The highest BCUT2D eigenvalue weighted by molar-refractivity contribution is 7.08. The molecule has 0 aromatic carbocycles. The first-order valence-electron chi connectivity index (χ1n) is 4.49. The summed E-state index contributed by atoms with van der Waals surface area (Å²) in [4.78, 5) is 19.6. The molecule has 4 nitrogen and oxygen atoms in total. The summed E-state index contributed by atoms with van der Waals surface area (Å²) in [6.45, 7) is 1.88. The van der Waals surface area contributed by atoms with Gasteiger partial charge in [0.25, 0.3) is 5.91 Å². The van der Waals surface area contributed by atoms with Crippen LogP contribution >= 0.6 is 22.9 Å². The number of hydrogen-bond acceptors (Lipinski definition) is 4. The predicted octanol–water partition coefficient (Wildman–Crippen LogP) is 2.75. The van der Waals surface area contributed by atoms with E-state index in [1.165, 1.54) is 17.5 Å². The zero-order valence-electron chi connectivity index (χ0n) is 8.40. The molecule has 2 rings (SSSR count). The van der Waals surface area contributed by atoms with E-state index in [0.29, 0.717) is 10.7 Å². The number of hydrogen-bond donors (Lipinski definition) is 1. The van der Waals surface area contributed by atoms with Crippen LogP contribution in [0.3, 0.4) is 0 Å². The molecule has 0 aliphatic carbocycles. The molecule has 0 aliphatic rings. The molecule has 0 radical (unpaired) electrons. The number of nitrogens with zero attached hydrogens (tertiary/aromatic N) is 2. The summed E-state index contributed by atoms with van der Waals surface area (Å²) >= 11 is 7.16. The second-order valence-corrected chi connectivity index (χ2v) is 4.26. The van der Waals surface area contributed by atoms with E-state index in [1.807, 2.05) is 12.3 Å². The highest BCUT2D eigenvalue weighted by atomic mass is 35.5. The summed E-state index contributed by atoms with van der Waals surface area (Å²) in [6, 6.07) is 1.55. The van der Waals surface area contributed by atoms with Crippen molar-refractivity contribution < 1.29 is 4.79 Å². The Morgan fingerprint density at radius 2 is 2.31 bits per heavy atom. The highest BCUT2D eigenvalue weighted by Crippen LogP contribution is 2.15. The van der Waals surface area contributed by atoms with Gasteiger partial charge in [0.05, 0.1) is 5.56 Å². The van der Waals surface area contributed by atoms with Gasteiger partial charge in [0.15, 0.2) is 0 Å². The van der Waals surface area contributed by atoms with E-state index in [4.69, 9.17) is 11.6 Å². The Hall–Kier alpha value is -1.46. The zero-order chi connectivity index (χ0) is 11.5. The molecule has 0 bridgehead atoms. The van der Waals surface area contributed by atoms with Crippen LogP contribution in [0.15, 0.2) is 23.0 Å². The van der Waals surface area contributed by atoms with Crippen LogP contribution in [0.1, 0.15) is 15.9 Å². The van der Waals surface area contributed by atoms with E-state index < -0.39 is 0 Å². The molecule has 0 saturated heterocycles. The van der Waals surface area contributed by atoms with Crippen molar-refractivity contribution in [1.82, 2.24) is 9.97 Å². The molecule has 82 valence electrons. The number of thiophene rings is 1. The summed E-state index contributed by atoms with van der Waals surface area (Å²) < 4.78 is 0. The summed E-state index contributed by atoms with van der Waals surface area (Å²) in [5.74, 6) is -0.0101. The quantitative estimate of drug-likeness (QED) is 0.838. The first-order chi connectivity index (χ1) is 7.66. The normalized spacial score (nSPS) is 10.1. The first kappa shape index (κ1) is 11.0. The number of anilines is 1. The summed E-state index contributed by atoms with van der Waals surface area (Å²) in [5.41, 5.74) is 1.57. The lowest BCUT2D eigenvalue weighted by Crippen LogP contribution is -2.14. The predicted molar refractivity (Wildman–Crippen MR) is 64.1 cm³/mol. The monoisotopic (exact) mass is 253 g/mol. The topological polar surface area (TPSA) is 54.9 Å². The molecule has 0 fully saturated rings. The molecule has 2 aromatic rings. The van der Waals surface area contributed by atoms with Crippen molar-refractivity contribution in [3.8, 4) is 0 Å². The molecule has 1 amide bonds. The van der Waals surface area contributed by atoms with Crippen LogP contribution in [0.25, 0.3) is 0 Å². The van der Waals surface area contributed by atoms with E-state index in [2.05, 4.69) is 15.3 Å². The zero-order valence-corrected chi connectivity index (χ0v) is 9.97. The van der Waals surface area contributed by atoms with Gasteiger partial charge in [-0.3, -0.25) is 10.1 Å². The molecule has 6 heteroatoms. The van der Waals surface area contributed by atoms with E-state index in [9.17, 15) is 4.79 Å². The Morgan fingerprint density at radius 1 is 1.50 bits per heavy atom. The van der Waals surface area contributed by atoms with E-state index in [-0.39, 0.29) is 11.9 Å². The van der Waals surface area contributed by atoms with Crippen LogP contribution in [0.4, 0.5) is 5.95 Å². The number of amides is 1. The third-order valence-electron chi connectivity index (χ3n) is 1.95. The molecular weight excluding hydrogens is 246 g/mol. The minimum atomic E-state index is -0.221. The molecule has 2 heterocycles. The van der Waals surface area contributed by atoms with Crippen LogP contribution in [-0.2, 0) is 0 Å². The van der Waals surface area contributed by atoms with Crippen molar-refractivity contribution in [3.63, 3.8) is 0 Å². The van der Waals surface area contributed by atoms with Crippen LogP contribution in [-0.4, -0.2) is 15.9 Å². The fourth-order valence-electron chi connectivity index (χ4n) is 1.16. The van der Waals surface area contributed by atoms with Gasteiger partial charge in [-0.25, -0.2) is 9.97 Å². The number of carbonyl (C=O) groups excluding carboxylic acids is 1. The lowest BCUT2D eigenvalue weighted by Gasteiger charge is -2.02. The fourth-order valence-corrected chi connectivity index (χ4v) is 2.12. The van der Waals surface area contributed by atoms with Crippen LogP contribution < -0.4 is 5.32 Å². The van der Waals surface area contributed by atoms with E-state index >= 15 is 0 Å². The molecular formula is C10H8ClN3OS. The highest BCUT2D eigenvalue weighted by Gasteiger charge is 2.11. The molecule has 2 aromatic heterocycles. The molecule has 16 heavy (non-hydrogen) atoms. The molecule has 0 spiro atoms. The Balaban J connectivity index is 2.17. The smallest absolute Gasteiger partial charge is 0.259 e. The van der Waals surface area contributed by atoms with Crippen LogP contribution in [0, 0.1) is 6.92 Å². The fraction of sp³-hybridized carbons (Fsp3) is 0.100. The molecule has 0 unspecified atom stereocenters. The maximum Gasteiger partial charge on any atom is 0.259 e. The third-order valence-corrected chi connectivity index (χ3v) is 3.02. The molecule has 0 saturated carbocycles. The summed E-state index contributed by atoms with van der Waals surface area (Å²) in [5, 5.41) is 6.58. The number of aromatic nitrogens is 2. The maximum atomic E-state index is 11.8. The van der Waals surface area contributed by atoms with Gasteiger partial charge in [-0.1, -0.05) is 11.6 Å². The standard InChI is InChI=1S/C10H8ClN3OS/c1-6-4-16-5-7(6)9(15)14-10-12-3-2-8(11)13-10/h2-5H,1H3,(H,12,13,14,15). The Bertz CT molecular complexity index is 526. The van der Waals surface area contributed by atoms with Crippen molar-refractivity contribution in [2.45, 2.75) is 6.92 Å². The van der Waals surface area contributed by atoms with Gasteiger partial charge >= 0.3 is 0 Å². The molecule has 0 atom stereocenters. The summed E-state index contributed by atoms with van der Waals surface area (Å²) in [7, 11) is 0. The largest absolute Gasteiger partial charge is 0.290 e. The number of rotatable bonds is 2. The van der Waals surface area contributed by atoms with Gasteiger partial charge in [0.1, 0.15) is 5.15 Å². The van der Waals surface area contributed by atoms with Gasteiger partial charge in [0, 0.05) is 11.6 Å². The van der Waals surface area contributed by atoms with Gasteiger partial charge in [-0.2, -0.15) is 11.3 Å². The number of nitrogens with one attached hydrogen (secondary N) is 1. The van der Waals surface area contributed by atoms with Crippen molar-refractivity contribution in [1.29, 1.82) is 0 Å². The average molecular weight is 254 g/mol. The van der Waals surface area contributed by atoms with Gasteiger partial charge in [0.2, 0.25) is 5.95 Å². The van der Waals surface area contributed by atoms with Crippen molar-refractivity contribution in [3.05, 3.63) is 39.3 Å². The third kappa shape index (κ3) is 2.37. The lowest BCUT2D eigenvalue weighted by atomic mass is 10.2.